The lowest BCUT2D eigenvalue weighted by Crippen LogP contribution is -2.48. The number of urea groups is 1. The third-order valence-corrected chi connectivity index (χ3v) is 4.75. The summed E-state index contributed by atoms with van der Waals surface area (Å²) in [7, 11) is 1.11. The summed E-state index contributed by atoms with van der Waals surface area (Å²) < 4.78 is 10.1. The molecule has 2 rings (SSSR count). The SMILES string of the molecule is COC(=O)[C@@H](O)CNC(=O)NC(=Nc1ccc(OC(C)C)c(C)c1)N(Cc1ccc(Cl)cc1)N=O. The molecule has 0 radical (unpaired) electrons. The molecule has 0 spiro atoms. The van der Waals surface area contributed by atoms with Crippen LogP contribution in [-0.2, 0) is 16.1 Å². The first-order valence-corrected chi connectivity index (χ1v) is 11.0. The standard InChI is InChI=1S/C23H28ClN5O6/c1-14(2)35-20-10-9-18(11-15(20)3)26-22(27-23(32)25-12-19(30)21(31)34-4)29(28-33)13-16-5-7-17(24)8-6-16/h5-11,14,19,30H,12-13H2,1-4H3,(H2,25,26,27,32)/t19-/m0/s1. The molecule has 0 aromatic heterocycles. The number of ether oxygens (including phenoxy) is 2. The Balaban J connectivity index is 2.30. The molecule has 3 N–H and O–H groups in total. The topological polar surface area (TPSA) is 142 Å². The molecular weight excluding hydrogens is 478 g/mol. The van der Waals surface area contributed by atoms with Gasteiger partial charge in [0, 0.05) is 5.02 Å². The largest absolute Gasteiger partial charge is 0.491 e. The Bertz CT molecular complexity index is 1060. The van der Waals surface area contributed by atoms with E-state index in [2.05, 4.69) is 25.6 Å². The number of methoxy groups -OCH3 is 1. The second kappa shape index (κ2) is 13.3. The maximum Gasteiger partial charge on any atom is 0.336 e. The van der Waals surface area contributed by atoms with E-state index in [1.807, 2.05) is 20.8 Å². The van der Waals surface area contributed by atoms with Crippen molar-refractivity contribution < 1.29 is 24.2 Å². The number of rotatable bonds is 9. The average Bonchev–Trinajstić information content (AvgIpc) is 2.82. The number of aliphatic hydroxyl groups excluding tert-OH is 1. The Morgan fingerprint density at radius 3 is 2.43 bits per heavy atom. The number of aryl methyl sites for hydroxylation is 1. The van der Waals surface area contributed by atoms with Crippen LogP contribution in [0.5, 0.6) is 5.75 Å². The van der Waals surface area contributed by atoms with Crippen LogP contribution in [0.3, 0.4) is 0 Å². The van der Waals surface area contributed by atoms with Gasteiger partial charge in [0.15, 0.2) is 6.10 Å². The van der Waals surface area contributed by atoms with Crippen LogP contribution < -0.4 is 15.4 Å². The van der Waals surface area contributed by atoms with Crippen molar-refractivity contribution in [2.75, 3.05) is 13.7 Å². The van der Waals surface area contributed by atoms with E-state index < -0.39 is 24.6 Å². The van der Waals surface area contributed by atoms with Crippen molar-refractivity contribution in [3.8, 4) is 5.75 Å². The van der Waals surface area contributed by atoms with Crippen molar-refractivity contribution in [2.45, 2.75) is 39.5 Å². The Morgan fingerprint density at radius 1 is 1.17 bits per heavy atom. The number of nitrogens with zero attached hydrogens (tertiary/aromatic N) is 3. The zero-order valence-corrected chi connectivity index (χ0v) is 20.6. The minimum Gasteiger partial charge on any atom is -0.491 e. The van der Waals surface area contributed by atoms with E-state index in [1.165, 1.54) is 0 Å². The number of carbonyl (C=O) groups is 2. The van der Waals surface area contributed by atoms with E-state index in [-0.39, 0.29) is 18.6 Å². The first-order chi connectivity index (χ1) is 16.6. The first-order valence-electron chi connectivity index (χ1n) is 10.6. The predicted molar refractivity (Wildman–Crippen MR) is 131 cm³/mol. The summed E-state index contributed by atoms with van der Waals surface area (Å²) in [5, 5.41) is 18.9. The number of nitroso groups, excluding NO2 is 1. The summed E-state index contributed by atoms with van der Waals surface area (Å²) in [4.78, 5) is 39.9. The molecule has 0 bridgehead atoms. The van der Waals surface area contributed by atoms with Crippen molar-refractivity contribution in [3.63, 3.8) is 0 Å². The monoisotopic (exact) mass is 505 g/mol. The highest BCUT2D eigenvalue weighted by Gasteiger charge is 2.20. The first kappa shape index (κ1) is 27.5. The molecule has 0 saturated heterocycles. The normalized spacial score (nSPS) is 12.0. The van der Waals surface area contributed by atoms with Crippen LogP contribution in [0, 0.1) is 11.8 Å². The molecule has 35 heavy (non-hydrogen) atoms. The van der Waals surface area contributed by atoms with Crippen LogP contribution in [0.15, 0.2) is 52.7 Å². The van der Waals surface area contributed by atoms with E-state index in [4.69, 9.17) is 16.3 Å². The van der Waals surface area contributed by atoms with Gasteiger partial charge in [-0.15, -0.1) is 4.91 Å². The summed E-state index contributed by atoms with van der Waals surface area (Å²) in [6.45, 7) is 5.23. The fourth-order valence-electron chi connectivity index (χ4n) is 2.82. The quantitative estimate of drug-likeness (QED) is 0.156. The zero-order valence-electron chi connectivity index (χ0n) is 19.8. The zero-order chi connectivity index (χ0) is 26.0. The molecule has 0 unspecified atom stereocenters. The Morgan fingerprint density at radius 2 is 1.86 bits per heavy atom. The molecular formula is C23H28ClN5O6. The van der Waals surface area contributed by atoms with E-state index in [0.29, 0.717) is 22.0 Å². The Kier molecular flexibility index (Phi) is 10.4. The van der Waals surface area contributed by atoms with Crippen LogP contribution in [0.4, 0.5) is 10.5 Å². The summed E-state index contributed by atoms with van der Waals surface area (Å²) >= 11 is 5.92. The number of esters is 1. The average molecular weight is 506 g/mol. The molecule has 12 heteroatoms. The van der Waals surface area contributed by atoms with Gasteiger partial charge in [0.05, 0.1) is 37.3 Å². The van der Waals surface area contributed by atoms with Gasteiger partial charge >= 0.3 is 12.0 Å². The van der Waals surface area contributed by atoms with Gasteiger partial charge in [-0.2, -0.15) is 5.01 Å². The van der Waals surface area contributed by atoms with E-state index in [1.54, 1.807) is 42.5 Å². The number of carbonyl (C=O) groups excluding carboxylic acids is 2. The van der Waals surface area contributed by atoms with Crippen LogP contribution >= 0.6 is 11.6 Å². The van der Waals surface area contributed by atoms with Crippen molar-refractivity contribution >= 4 is 35.2 Å². The van der Waals surface area contributed by atoms with Gasteiger partial charge in [0.25, 0.3) is 0 Å². The molecule has 2 amide bonds. The number of benzene rings is 2. The lowest BCUT2D eigenvalue weighted by atomic mass is 10.2. The fraction of sp³-hybridized carbons (Fsp3) is 0.348. The van der Waals surface area contributed by atoms with Crippen molar-refractivity contribution in [2.24, 2.45) is 10.3 Å². The highest BCUT2D eigenvalue weighted by molar-refractivity contribution is 6.30. The molecule has 0 aliphatic rings. The predicted octanol–water partition coefficient (Wildman–Crippen LogP) is 3.44. The lowest BCUT2D eigenvalue weighted by Gasteiger charge is -2.19. The minimum atomic E-state index is -1.56. The van der Waals surface area contributed by atoms with Crippen LogP contribution in [0.2, 0.25) is 5.02 Å². The maximum atomic E-state index is 12.4. The van der Waals surface area contributed by atoms with E-state index in [0.717, 1.165) is 17.7 Å². The van der Waals surface area contributed by atoms with Gasteiger partial charge in [-0.25, -0.2) is 14.6 Å². The van der Waals surface area contributed by atoms with Gasteiger partial charge < -0.3 is 19.9 Å². The van der Waals surface area contributed by atoms with Crippen molar-refractivity contribution in [1.29, 1.82) is 0 Å². The molecule has 0 saturated carbocycles. The number of aliphatic imine (C=N–C) groups is 1. The van der Waals surface area contributed by atoms with Crippen LogP contribution in [0.25, 0.3) is 0 Å². The maximum absolute atomic E-state index is 12.4. The summed E-state index contributed by atoms with van der Waals surface area (Å²) in [6, 6.07) is 11.0. The number of aliphatic hydroxyl groups is 1. The molecule has 2 aromatic rings. The number of hydrogen-bond acceptors (Lipinski definition) is 8. The summed E-state index contributed by atoms with van der Waals surface area (Å²) in [5.74, 6) is -0.413. The van der Waals surface area contributed by atoms with Crippen LogP contribution in [0.1, 0.15) is 25.0 Å². The molecule has 0 heterocycles. The summed E-state index contributed by atoms with van der Waals surface area (Å²) in [5.41, 5.74) is 1.91. The highest BCUT2D eigenvalue weighted by Crippen LogP contribution is 2.25. The Hall–Kier alpha value is -3.70. The van der Waals surface area contributed by atoms with E-state index >= 15 is 0 Å². The highest BCUT2D eigenvalue weighted by atomic mass is 35.5. The lowest BCUT2D eigenvalue weighted by molar-refractivity contribution is -0.149. The number of halogens is 1. The van der Waals surface area contributed by atoms with Gasteiger partial charge in [-0.05, 0) is 62.2 Å². The third kappa shape index (κ3) is 8.87. The number of hydrogen-bond donors (Lipinski definition) is 3. The fourth-order valence-corrected chi connectivity index (χ4v) is 2.95. The smallest absolute Gasteiger partial charge is 0.336 e. The molecule has 11 nitrogen and oxygen atoms in total. The van der Waals surface area contributed by atoms with Crippen molar-refractivity contribution in [3.05, 3.63) is 63.5 Å². The second-order valence-electron chi connectivity index (χ2n) is 7.69. The second-order valence-corrected chi connectivity index (χ2v) is 8.13. The Labute approximate surface area is 208 Å². The molecule has 0 aliphatic carbocycles. The number of guanidine groups is 1. The van der Waals surface area contributed by atoms with E-state index in [9.17, 15) is 19.6 Å². The molecule has 0 fully saturated rings. The number of nitrogens with one attached hydrogen (secondary N) is 2. The van der Waals surface area contributed by atoms with Gasteiger partial charge in [-0.1, -0.05) is 23.7 Å². The minimum absolute atomic E-state index is 0.0153. The van der Waals surface area contributed by atoms with Gasteiger partial charge in [0.2, 0.25) is 5.96 Å². The van der Waals surface area contributed by atoms with Gasteiger partial charge in [0.1, 0.15) is 5.75 Å². The third-order valence-electron chi connectivity index (χ3n) is 4.50. The summed E-state index contributed by atoms with van der Waals surface area (Å²) in [6.07, 6.45) is -1.57. The molecule has 1 atom stereocenters. The number of amides is 2. The van der Waals surface area contributed by atoms with Crippen LogP contribution in [-0.4, -0.2) is 53.9 Å². The molecule has 188 valence electrons. The van der Waals surface area contributed by atoms with Crippen molar-refractivity contribution in [1.82, 2.24) is 15.6 Å². The van der Waals surface area contributed by atoms with Gasteiger partial charge in [-0.3, -0.25) is 5.32 Å². The molecule has 2 aromatic carbocycles. The molecule has 0 aliphatic heterocycles.